The van der Waals surface area contributed by atoms with Gasteiger partial charge in [0.05, 0.1) is 13.0 Å². The number of benzene rings is 1. The fraction of sp³-hybridized carbons (Fsp3) is 0.294. The highest BCUT2D eigenvalue weighted by Crippen LogP contribution is 2.13. The SMILES string of the molecule is Cc1ccc(NC(=O)COC(=O)CCn2[nH]c(=O)ccc2=O)cc1C. The lowest BCUT2D eigenvalue weighted by Gasteiger charge is -2.09. The average molecular weight is 345 g/mol. The summed E-state index contributed by atoms with van der Waals surface area (Å²) in [7, 11) is 0. The fourth-order valence-electron chi connectivity index (χ4n) is 2.07. The number of anilines is 1. The lowest BCUT2D eigenvalue weighted by Crippen LogP contribution is -2.29. The summed E-state index contributed by atoms with van der Waals surface area (Å²) in [6, 6.07) is 7.69. The van der Waals surface area contributed by atoms with Crippen LogP contribution in [0.1, 0.15) is 17.5 Å². The van der Waals surface area contributed by atoms with Gasteiger partial charge in [0.25, 0.3) is 17.0 Å². The lowest BCUT2D eigenvalue weighted by atomic mass is 10.1. The van der Waals surface area contributed by atoms with E-state index < -0.39 is 29.6 Å². The third-order valence-electron chi connectivity index (χ3n) is 3.58. The predicted octanol–water partition coefficient (Wildman–Crippen LogP) is 0.725. The molecule has 1 aromatic heterocycles. The van der Waals surface area contributed by atoms with E-state index >= 15 is 0 Å². The Kier molecular flexibility index (Phi) is 5.89. The van der Waals surface area contributed by atoms with Gasteiger partial charge in [0, 0.05) is 17.8 Å². The van der Waals surface area contributed by atoms with Crippen molar-refractivity contribution in [1.82, 2.24) is 9.78 Å². The first kappa shape index (κ1) is 18.2. The minimum atomic E-state index is -0.646. The number of nitrogens with zero attached hydrogens (tertiary/aromatic N) is 1. The number of amides is 1. The van der Waals surface area contributed by atoms with Crippen LogP contribution in [0.3, 0.4) is 0 Å². The molecule has 1 heterocycles. The summed E-state index contributed by atoms with van der Waals surface area (Å²) in [5.74, 6) is -1.10. The Bertz CT molecular complexity index is 898. The highest BCUT2D eigenvalue weighted by atomic mass is 16.5. The van der Waals surface area contributed by atoms with E-state index in [0.717, 1.165) is 27.9 Å². The van der Waals surface area contributed by atoms with Crippen molar-refractivity contribution in [2.45, 2.75) is 26.8 Å². The molecule has 25 heavy (non-hydrogen) atoms. The van der Waals surface area contributed by atoms with E-state index in [-0.39, 0.29) is 13.0 Å². The summed E-state index contributed by atoms with van der Waals surface area (Å²) in [5.41, 5.74) is 1.90. The van der Waals surface area contributed by atoms with Gasteiger partial charge < -0.3 is 10.1 Å². The Balaban J connectivity index is 1.80. The molecule has 0 fully saturated rings. The van der Waals surface area contributed by atoms with Gasteiger partial charge in [0.1, 0.15) is 0 Å². The van der Waals surface area contributed by atoms with Gasteiger partial charge in [-0.05, 0) is 37.1 Å². The maximum atomic E-state index is 11.8. The van der Waals surface area contributed by atoms with E-state index in [0.29, 0.717) is 5.69 Å². The molecule has 0 unspecified atom stereocenters. The molecule has 0 aliphatic heterocycles. The van der Waals surface area contributed by atoms with Crippen molar-refractivity contribution in [2.24, 2.45) is 0 Å². The third kappa shape index (κ3) is 5.45. The van der Waals surface area contributed by atoms with Crippen LogP contribution in [-0.4, -0.2) is 28.3 Å². The molecule has 8 nitrogen and oxygen atoms in total. The molecular formula is C17H19N3O5. The highest BCUT2D eigenvalue weighted by molar-refractivity contribution is 5.92. The van der Waals surface area contributed by atoms with Crippen LogP contribution in [0, 0.1) is 13.8 Å². The molecule has 2 aromatic rings. The number of esters is 1. The Morgan fingerprint density at radius 2 is 1.88 bits per heavy atom. The summed E-state index contributed by atoms with van der Waals surface area (Å²) in [6.45, 7) is 3.44. The summed E-state index contributed by atoms with van der Waals surface area (Å²) < 4.78 is 5.88. The number of H-pyrrole nitrogens is 1. The van der Waals surface area contributed by atoms with E-state index in [1.807, 2.05) is 26.0 Å². The van der Waals surface area contributed by atoms with Crippen LogP contribution in [0.25, 0.3) is 0 Å². The van der Waals surface area contributed by atoms with Crippen LogP contribution < -0.4 is 16.4 Å². The number of carbonyl (C=O) groups is 2. The summed E-state index contributed by atoms with van der Waals surface area (Å²) in [6.07, 6.45) is -0.142. The van der Waals surface area contributed by atoms with Gasteiger partial charge in [-0.3, -0.25) is 24.3 Å². The van der Waals surface area contributed by atoms with Crippen molar-refractivity contribution in [3.63, 3.8) is 0 Å². The molecular weight excluding hydrogens is 326 g/mol. The van der Waals surface area contributed by atoms with Gasteiger partial charge in [-0.1, -0.05) is 6.07 Å². The summed E-state index contributed by atoms with van der Waals surface area (Å²) in [5, 5.41) is 4.94. The fourth-order valence-corrected chi connectivity index (χ4v) is 2.07. The van der Waals surface area contributed by atoms with Gasteiger partial charge >= 0.3 is 5.97 Å². The topological polar surface area (TPSA) is 110 Å². The van der Waals surface area contributed by atoms with E-state index in [1.54, 1.807) is 6.07 Å². The van der Waals surface area contributed by atoms with Crippen LogP contribution in [-0.2, 0) is 20.9 Å². The van der Waals surface area contributed by atoms with Crippen molar-refractivity contribution in [2.75, 3.05) is 11.9 Å². The quantitative estimate of drug-likeness (QED) is 0.750. The van der Waals surface area contributed by atoms with E-state index in [9.17, 15) is 19.2 Å². The highest BCUT2D eigenvalue weighted by Gasteiger charge is 2.09. The molecule has 0 aliphatic rings. The molecule has 1 aromatic carbocycles. The van der Waals surface area contributed by atoms with Gasteiger partial charge in [0.2, 0.25) is 0 Å². The van der Waals surface area contributed by atoms with E-state index in [4.69, 9.17) is 4.74 Å². The van der Waals surface area contributed by atoms with Crippen LogP contribution in [0.2, 0.25) is 0 Å². The molecule has 132 valence electrons. The zero-order valence-electron chi connectivity index (χ0n) is 14.0. The number of hydrogen-bond donors (Lipinski definition) is 2. The Hall–Kier alpha value is -3.16. The molecule has 2 N–H and O–H groups in total. The number of carbonyl (C=O) groups excluding carboxylic acids is 2. The molecule has 0 bridgehead atoms. The number of rotatable bonds is 6. The Morgan fingerprint density at radius 1 is 1.12 bits per heavy atom. The van der Waals surface area contributed by atoms with Gasteiger partial charge in [-0.25, -0.2) is 4.68 Å². The zero-order chi connectivity index (χ0) is 18.4. The summed E-state index contributed by atoms with van der Waals surface area (Å²) in [4.78, 5) is 46.1. The lowest BCUT2D eigenvalue weighted by molar-refractivity contribution is -0.147. The zero-order valence-corrected chi connectivity index (χ0v) is 14.0. The number of ether oxygens (including phenoxy) is 1. The summed E-state index contributed by atoms with van der Waals surface area (Å²) >= 11 is 0. The predicted molar refractivity (Wildman–Crippen MR) is 91.4 cm³/mol. The van der Waals surface area contributed by atoms with Crippen molar-refractivity contribution in [1.29, 1.82) is 0 Å². The van der Waals surface area contributed by atoms with Crippen LogP contribution in [0.4, 0.5) is 5.69 Å². The van der Waals surface area contributed by atoms with Gasteiger partial charge in [-0.2, -0.15) is 0 Å². The van der Waals surface area contributed by atoms with E-state index in [1.165, 1.54) is 0 Å². The molecule has 0 aliphatic carbocycles. The van der Waals surface area contributed by atoms with Gasteiger partial charge in [0.15, 0.2) is 6.61 Å². The third-order valence-corrected chi connectivity index (χ3v) is 3.58. The first-order valence-corrected chi connectivity index (χ1v) is 7.68. The molecule has 0 radical (unpaired) electrons. The normalized spacial score (nSPS) is 10.3. The Morgan fingerprint density at radius 3 is 2.60 bits per heavy atom. The molecule has 0 saturated carbocycles. The number of aryl methyl sites for hydroxylation is 3. The molecule has 2 rings (SSSR count). The van der Waals surface area contributed by atoms with Crippen molar-refractivity contribution in [3.05, 3.63) is 62.2 Å². The van der Waals surface area contributed by atoms with E-state index in [2.05, 4.69) is 10.4 Å². The first-order valence-electron chi connectivity index (χ1n) is 7.68. The Labute approximate surface area is 143 Å². The number of hydrogen-bond acceptors (Lipinski definition) is 5. The van der Waals surface area contributed by atoms with Gasteiger partial charge in [-0.15, -0.1) is 0 Å². The second-order valence-corrected chi connectivity index (χ2v) is 5.56. The molecule has 0 spiro atoms. The molecule has 8 heteroatoms. The average Bonchev–Trinajstić information content (AvgIpc) is 2.57. The van der Waals surface area contributed by atoms with Crippen LogP contribution in [0.15, 0.2) is 39.9 Å². The first-order chi connectivity index (χ1) is 11.8. The van der Waals surface area contributed by atoms with Crippen LogP contribution >= 0.6 is 0 Å². The molecule has 1 amide bonds. The largest absolute Gasteiger partial charge is 0.456 e. The second-order valence-electron chi connectivity index (χ2n) is 5.56. The molecule has 0 atom stereocenters. The maximum Gasteiger partial charge on any atom is 0.308 e. The second kappa shape index (κ2) is 8.09. The minimum Gasteiger partial charge on any atom is -0.456 e. The maximum absolute atomic E-state index is 11.8. The smallest absolute Gasteiger partial charge is 0.308 e. The monoisotopic (exact) mass is 345 g/mol. The number of aromatic amines is 1. The van der Waals surface area contributed by atoms with Crippen LogP contribution in [0.5, 0.6) is 0 Å². The van der Waals surface area contributed by atoms with Crippen molar-refractivity contribution < 1.29 is 14.3 Å². The minimum absolute atomic E-state index is 0.0352. The van der Waals surface area contributed by atoms with Crippen molar-refractivity contribution >= 4 is 17.6 Å². The number of aromatic nitrogens is 2. The standard InChI is InChI=1S/C17H19N3O5/c1-11-3-4-13(9-12(11)2)18-15(22)10-25-17(24)7-8-20-16(23)6-5-14(21)19-20/h3-6,9H,7-8,10H2,1-2H3,(H,18,22)(H,19,21). The number of nitrogens with one attached hydrogen (secondary N) is 2. The van der Waals surface area contributed by atoms with Crippen molar-refractivity contribution in [3.8, 4) is 0 Å². The molecule has 0 saturated heterocycles.